The summed E-state index contributed by atoms with van der Waals surface area (Å²) >= 11 is 0. The van der Waals surface area contributed by atoms with Gasteiger partial charge >= 0.3 is 5.97 Å². The topological polar surface area (TPSA) is 354 Å². The molecule has 0 radical (unpaired) electrons. The molecular formula is C40H62N12O10. The predicted octanol–water partition coefficient (Wildman–Crippen LogP) is -1.80. The minimum atomic E-state index is -1.29. The van der Waals surface area contributed by atoms with Gasteiger partial charge in [-0.15, -0.1) is 0 Å². The number of aromatic hydroxyl groups is 1. The average molecular weight is 871 g/mol. The zero-order chi connectivity index (χ0) is 46.5. The van der Waals surface area contributed by atoms with E-state index in [0.29, 0.717) is 11.3 Å². The third-order valence-electron chi connectivity index (χ3n) is 9.12. The maximum Gasteiger partial charge on any atom is 0.326 e. The second kappa shape index (κ2) is 25.8. The van der Waals surface area contributed by atoms with Crippen LogP contribution in [0.1, 0.15) is 78.5 Å². The number of aliphatic imine (C=N–C) groups is 1. The Morgan fingerprint density at radius 1 is 0.710 bits per heavy atom. The molecule has 2 aromatic rings. The quantitative estimate of drug-likeness (QED) is 0.0282. The number of hydrogen-bond donors (Lipinski definition) is 12. The number of rotatable bonds is 26. The van der Waals surface area contributed by atoms with Gasteiger partial charge in [-0.3, -0.25) is 38.6 Å². The van der Waals surface area contributed by atoms with Gasteiger partial charge < -0.3 is 63.9 Å². The number of nitrogens with two attached hydrogens (primary N) is 2. The van der Waals surface area contributed by atoms with Gasteiger partial charge in [0.2, 0.25) is 41.4 Å². The summed E-state index contributed by atoms with van der Waals surface area (Å²) in [4.78, 5) is 115. The molecule has 0 fully saturated rings. The number of carboxylic acids is 1. The molecule has 1 aromatic carbocycles. The molecule has 62 heavy (non-hydrogen) atoms. The summed E-state index contributed by atoms with van der Waals surface area (Å²) in [5.74, 6) is -6.55. The SMILES string of the molecule is CC(=O)N[C@@H](Cc1ccc(O)cc1)C(=O)N[C@@H](Cc1cnc[nH]1)C(=O)N[C@@H](CC(C)C)C(=O)NCC(=O)N[C@@H](CC(C)C)C(=O)N[C@@H](C)C(=O)N[C@@H](CCCN=C(N)N)C(=O)O. The van der Waals surface area contributed by atoms with Gasteiger partial charge in [-0.25, -0.2) is 9.78 Å². The van der Waals surface area contributed by atoms with Gasteiger partial charge in [0.05, 0.1) is 12.9 Å². The van der Waals surface area contributed by atoms with Gasteiger partial charge in [0, 0.05) is 38.2 Å². The van der Waals surface area contributed by atoms with Gasteiger partial charge in [0.25, 0.3) is 0 Å². The highest BCUT2D eigenvalue weighted by Crippen LogP contribution is 2.13. The smallest absolute Gasteiger partial charge is 0.326 e. The molecule has 22 heteroatoms. The molecule has 14 N–H and O–H groups in total. The highest BCUT2D eigenvalue weighted by atomic mass is 16.4. The van der Waals surface area contributed by atoms with Crippen LogP contribution in [-0.4, -0.2) is 123 Å². The van der Waals surface area contributed by atoms with Crippen molar-refractivity contribution in [2.45, 2.75) is 116 Å². The summed E-state index contributed by atoms with van der Waals surface area (Å²) in [7, 11) is 0. The fourth-order valence-corrected chi connectivity index (χ4v) is 6.07. The molecule has 7 amide bonds. The van der Waals surface area contributed by atoms with Crippen molar-refractivity contribution < 1.29 is 48.6 Å². The van der Waals surface area contributed by atoms with E-state index in [2.05, 4.69) is 52.2 Å². The Hall–Kier alpha value is -6.74. The summed E-state index contributed by atoms with van der Waals surface area (Å²) in [5, 5.41) is 37.1. The largest absolute Gasteiger partial charge is 0.508 e. The molecule has 2 rings (SSSR count). The monoisotopic (exact) mass is 870 g/mol. The zero-order valence-electron chi connectivity index (χ0n) is 35.9. The van der Waals surface area contributed by atoms with Crippen LogP contribution < -0.4 is 48.7 Å². The molecule has 0 saturated carbocycles. The van der Waals surface area contributed by atoms with Crippen LogP contribution >= 0.6 is 0 Å². The van der Waals surface area contributed by atoms with Crippen molar-refractivity contribution in [3.05, 3.63) is 48.0 Å². The number of benzene rings is 1. The van der Waals surface area contributed by atoms with E-state index in [9.17, 15) is 48.6 Å². The molecular weight excluding hydrogens is 809 g/mol. The number of aromatic amines is 1. The van der Waals surface area contributed by atoms with Crippen molar-refractivity contribution in [3.8, 4) is 5.75 Å². The minimum Gasteiger partial charge on any atom is -0.508 e. The van der Waals surface area contributed by atoms with Gasteiger partial charge in [0.1, 0.15) is 42.0 Å². The molecule has 0 saturated heterocycles. The first-order chi connectivity index (χ1) is 29.1. The van der Waals surface area contributed by atoms with Crippen LogP contribution in [-0.2, 0) is 51.2 Å². The molecule has 342 valence electrons. The Kier molecular flexibility index (Phi) is 21.4. The number of carbonyl (C=O) groups excluding carboxylic acids is 7. The first-order valence-electron chi connectivity index (χ1n) is 20.2. The summed E-state index contributed by atoms with van der Waals surface area (Å²) in [5.41, 5.74) is 11.7. The lowest BCUT2D eigenvalue weighted by Crippen LogP contribution is -2.58. The second-order valence-corrected chi connectivity index (χ2v) is 15.7. The number of phenols is 1. The van der Waals surface area contributed by atoms with E-state index in [1.54, 1.807) is 26.0 Å². The Morgan fingerprint density at radius 2 is 1.26 bits per heavy atom. The lowest BCUT2D eigenvalue weighted by Gasteiger charge is -2.26. The molecule has 0 spiro atoms. The summed E-state index contributed by atoms with van der Waals surface area (Å²) < 4.78 is 0. The highest BCUT2D eigenvalue weighted by Gasteiger charge is 2.32. The molecule has 22 nitrogen and oxygen atoms in total. The number of nitrogens with zero attached hydrogens (tertiary/aromatic N) is 2. The van der Waals surface area contributed by atoms with Crippen LogP contribution in [0.15, 0.2) is 41.8 Å². The number of H-pyrrole nitrogens is 1. The number of nitrogens with one attached hydrogen (secondary N) is 8. The average Bonchev–Trinajstić information content (AvgIpc) is 3.70. The van der Waals surface area contributed by atoms with E-state index >= 15 is 0 Å². The Morgan fingerprint density at radius 3 is 1.79 bits per heavy atom. The van der Waals surface area contributed by atoms with Crippen molar-refractivity contribution >= 4 is 53.3 Å². The lowest BCUT2D eigenvalue weighted by molar-refractivity contribution is -0.142. The fourth-order valence-electron chi connectivity index (χ4n) is 6.07. The van der Waals surface area contributed by atoms with Crippen LogP contribution in [0.5, 0.6) is 5.75 Å². The standard InChI is InChI=1S/C40H62N12O10/c1-21(2)14-29(51-38(60)32(17-26-18-43-20-46-26)52-37(59)31(48-24(6)53)16-25-9-11-27(54)12-10-25)35(57)45-19-33(55)49-30(15-22(3)4)36(58)47-23(5)34(56)50-28(39(61)62)8-7-13-44-40(41)42/h9-12,18,20-23,28-32,54H,7-8,13-17,19H2,1-6H3,(H,43,46)(H,45,57)(H,47,58)(H,48,53)(H,49,55)(H,50,56)(H,51,60)(H,52,59)(H,61,62)(H4,41,42,44)/t23-,28-,29-,30-,31-,32-/m0/s1. The summed E-state index contributed by atoms with van der Waals surface area (Å²) in [6, 6.07) is -1.09. The summed E-state index contributed by atoms with van der Waals surface area (Å²) in [6.45, 7) is 9.40. The molecule has 0 bridgehead atoms. The highest BCUT2D eigenvalue weighted by molar-refractivity contribution is 5.96. The second-order valence-electron chi connectivity index (χ2n) is 15.7. The molecule has 0 aliphatic rings. The van der Waals surface area contributed by atoms with Crippen LogP contribution in [0.25, 0.3) is 0 Å². The van der Waals surface area contributed by atoms with Crippen LogP contribution in [0.4, 0.5) is 0 Å². The van der Waals surface area contributed by atoms with Gasteiger partial charge in [0.15, 0.2) is 5.96 Å². The molecule has 0 aliphatic heterocycles. The first-order valence-corrected chi connectivity index (χ1v) is 20.2. The fraction of sp³-hybridized carbons (Fsp3) is 0.550. The third kappa shape index (κ3) is 19.5. The van der Waals surface area contributed by atoms with E-state index in [0.717, 1.165) is 0 Å². The molecule has 0 aliphatic carbocycles. The maximum atomic E-state index is 13.9. The van der Waals surface area contributed by atoms with Gasteiger partial charge in [-0.05, 0) is 62.1 Å². The Labute approximate surface area is 360 Å². The van der Waals surface area contributed by atoms with E-state index < -0.39 is 90.1 Å². The minimum absolute atomic E-state index is 0.0160. The summed E-state index contributed by atoms with van der Waals surface area (Å²) in [6.07, 6.45) is 3.38. The predicted molar refractivity (Wildman–Crippen MR) is 227 cm³/mol. The normalized spacial score (nSPS) is 13.9. The van der Waals surface area contributed by atoms with Crippen molar-refractivity contribution in [1.82, 2.24) is 47.2 Å². The number of hydrogen-bond acceptors (Lipinski definition) is 11. The molecule has 1 heterocycles. The third-order valence-corrected chi connectivity index (χ3v) is 9.12. The van der Waals surface area contributed by atoms with Crippen molar-refractivity contribution in [1.29, 1.82) is 0 Å². The number of aromatic nitrogens is 2. The van der Waals surface area contributed by atoms with Crippen LogP contribution in [0.3, 0.4) is 0 Å². The van der Waals surface area contributed by atoms with Gasteiger partial charge in [-0.2, -0.15) is 0 Å². The number of aliphatic carboxylic acids is 1. The first kappa shape index (κ1) is 51.4. The Bertz CT molecular complexity index is 1850. The Balaban J connectivity index is 2.13. The number of phenolic OH excluding ortho intramolecular Hbond substituents is 1. The van der Waals surface area contributed by atoms with Crippen molar-refractivity contribution in [3.63, 3.8) is 0 Å². The number of imidazole rings is 1. The molecule has 0 unspecified atom stereocenters. The van der Waals surface area contributed by atoms with E-state index in [1.165, 1.54) is 38.5 Å². The van der Waals surface area contributed by atoms with E-state index in [-0.39, 0.29) is 68.6 Å². The number of carboxylic acid groups (broad SMARTS) is 1. The zero-order valence-corrected chi connectivity index (χ0v) is 35.9. The maximum absolute atomic E-state index is 13.9. The van der Waals surface area contributed by atoms with E-state index in [4.69, 9.17) is 11.5 Å². The number of guanidine groups is 1. The van der Waals surface area contributed by atoms with Gasteiger partial charge in [-0.1, -0.05) is 39.8 Å². The van der Waals surface area contributed by atoms with Crippen molar-refractivity contribution in [2.75, 3.05) is 13.1 Å². The lowest BCUT2D eigenvalue weighted by atomic mass is 10.0. The number of carbonyl (C=O) groups is 8. The molecule has 6 atom stereocenters. The van der Waals surface area contributed by atoms with Crippen LogP contribution in [0, 0.1) is 11.8 Å². The van der Waals surface area contributed by atoms with Crippen molar-refractivity contribution in [2.24, 2.45) is 28.3 Å². The van der Waals surface area contributed by atoms with E-state index in [1.807, 2.05) is 13.8 Å². The number of amides is 7. The van der Waals surface area contributed by atoms with Crippen LogP contribution in [0.2, 0.25) is 0 Å². The molecule has 1 aromatic heterocycles.